The van der Waals surface area contributed by atoms with Gasteiger partial charge in [-0.25, -0.2) is 0 Å². The van der Waals surface area contributed by atoms with Gasteiger partial charge in [-0.1, -0.05) is 60.7 Å². The van der Waals surface area contributed by atoms with Crippen LogP contribution >= 0.6 is 0 Å². The van der Waals surface area contributed by atoms with Gasteiger partial charge in [0, 0.05) is 25.7 Å². The topological polar surface area (TPSA) is 62.2 Å². The Labute approximate surface area is 268 Å². The average Bonchev–Trinajstić information content (AvgIpc) is 3.28. The van der Waals surface area contributed by atoms with Crippen LogP contribution in [0.4, 0.5) is 26.3 Å². The third kappa shape index (κ3) is 6.65. The highest BCUT2D eigenvalue weighted by atomic mass is 19.4. The quantitative estimate of drug-likeness (QED) is 0.276. The second-order valence-corrected chi connectivity index (χ2v) is 12.4. The number of carbonyl (C=O) groups is 1. The molecule has 47 heavy (non-hydrogen) atoms. The molecule has 1 N–H and O–H groups in total. The molecule has 5 atom stereocenters. The molecule has 6 nitrogen and oxygen atoms in total. The van der Waals surface area contributed by atoms with Gasteiger partial charge in [-0.3, -0.25) is 9.69 Å². The molecule has 0 radical (unpaired) electrons. The van der Waals surface area contributed by atoms with E-state index in [9.17, 15) is 36.2 Å². The predicted octanol–water partition coefficient (Wildman–Crippen LogP) is 6.58. The van der Waals surface area contributed by atoms with Crippen molar-refractivity contribution in [1.29, 1.82) is 0 Å². The van der Waals surface area contributed by atoms with Crippen molar-refractivity contribution in [1.82, 2.24) is 9.80 Å². The van der Waals surface area contributed by atoms with Crippen molar-refractivity contribution in [3.63, 3.8) is 0 Å². The highest BCUT2D eigenvalue weighted by Crippen LogP contribution is 2.56. The summed E-state index contributed by atoms with van der Waals surface area (Å²) in [5.74, 6) is -0.454. The molecule has 3 heterocycles. The first-order chi connectivity index (χ1) is 22.4. The fourth-order valence-corrected chi connectivity index (χ4v) is 7.61. The lowest BCUT2D eigenvalue weighted by Crippen LogP contribution is -2.57. The number of hydrogen-bond acceptors (Lipinski definition) is 5. The molecule has 2 bridgehead atoms. The molecule has 0 saturated carbocycles. The molecule has 3 aromatic rings. The normalized spacial score (nSPS) is 25.9. The number of benzene rings is 3. The van der Waals surface area contributed by atoms with Gasteiger partial charge in [-0.15, -0.1) is 0 Å². The first kappa shape index (κ1) is 33.5. The van der Waals surface area contributed by atoms with Crippen molar-refractivity contribution >= 4 is 5.91 Å². The van der Waals surface area contributed by atoms with Gasteiger partial charge >= 0.3 is 12.4 Å². The van der Waals surface area contributed by atoms with Crippen LogP contribution < -0.4 is 0 Å². The molecule has 3 aliphatic heterocycles. The molecule has 6 rings (SSSR count). The van der Waals surface area contributed by atoms with E-state index in [4.69, 9.17) is 9.47 Å². The fraction of sp³-hybridized carbons (Fsp3) is 0.457. The van der Waals surface area contributed by atoms with Crippen LogP contribution in [-0.2, 0) is 38.7 Å². The Kier molecular flexibility index (Phi) is 9.41. The van der Waals surface area contributed by atoms with Crippen LogP contribution in [0.1, 0.15) is 53.2 Å². The average molecular weight is 663 g/mol. The van der Waals surface area contributed by atoms with Crippen LogP contribution in [-0.4, -0.2) is 65.9 Å². The molecule has 3 aromatic carbocycles. The van der Waals surface area contributed by atoms with E-state index >= 15 is 0 Å². The highest BCUT2D eigenvalue weighted by Gasteiger charge is 2.62. The zero-order valence-electron chi connectivity index (χ0n) is 25.5. The minimum absolute atomic E-state index is 0.0128. The maximum atomic E-state index is 14.1. The Morgan fingerprint density at radius 1 is 0.894 bits per heavy atom. The molecule has 0 aromatic heterocycles. The van der Waals surface area contributed by atoms with Crippen molar-refractivity contribution in [3.05, 3.63) is 107 Å². The third-order valence-corrected chi connectivity index (χ3v) is 9.75. The van der Waals surface area contributed by atoms with Gasteiger partial charge in [0.05, 0.1) is 48.5 Å². The number of nitrogens with zero attached hydrogens (tertiary/aromatic N) is 2. The van der Waals surface area contributed by atoms with E-state index in [-0.39, 0.29) is 18.0 Å². The monoisotopic (exact) mass is 662 g/mol. The van der Waals surface area contributed by atoms with Crippen molar-refractivity contribution in [2.24, 2.45) is 5.92 Å². The summed E-state index contributed by atoms with van der Waals surface area (Å²) in [5.41, 5.74) is -2.56. The van der Waals surface area contributed by atoms with Crippen molar-refractivity contribution in [2.45, 2.75) is 61.9 Å². The summed E-state index contributed by atoms with van der Waals surface area (Å²) in [6.07, 6.45) is -11.2. The summed E-state index contributed by atoms with van der Waals surface area (Å²) in [6, 6.07) is 20.1. The van der Waals surface area contributed by atoms with Gasteiger partial charge in [-0.2, -0.15) is 26.3 Å². The van der Waals surface area contributed by atoms with Crippen LogP contribution in [0.15, 0.2) is 78.9 Å². The number of hydrogen-bond donors (Lipinski definition) is 1. The van der Waals surface area contributed by atoms with Crippen molar-refractivity contribution in [3.8, 4) is 0 Å². The standard InChI is InChI=1S/C35H36F6N2O4/c36-34(37,38)26-17-24(18-27(19-26)35(39,40)41)30(22-44)47-31-12-11-29-28(32(45)42-13-15-46-16-14-42)20-33(31,25-9-5-2-6-10-25)43(29)21-23-7-3-1-4-8-23/h1-10,17-19,28-31,44H,11-16,20-22H2/t28-,29+,30+,31-,33-/m1/s1. The van der Waals surface area contributed by atoms with Crippen LogP contribution in [0.2, 0.25) is 0 Å². The molecule has 12 heteroatoms. The first-order valence-electron chi connectivity index (χ1n) is 15.7. The van der Waals surface area contributed by atoms with E-state index in [0.717, 1.165) is 11.1 Å². The van der Waals surface area contributed by atoms with Gasteiger partial charge in [0.15, 0.2) is 0 Å². The molecule has 1 amide bonds. The molecule has 0 aliphatic carbocycles. The van der Waals surface area contributed by atoms with E-state index < -0.39 is 59.3 Å². The summed E-state index contributed by atoms with van der Waals surface area (Å²) < 4.78 is 94.6. The molecule has 3 fully saturated rings. The number of piperidine rings is 1. The van der Waals surface area contributed by atoms with Gasteiger partial charge < -0.3 is 19.5 Å². The minimum Gasteiger partial charge on any atom is -0.393 e. The highest BCUT2D eigenvalue weighted by molar-refractivity contribution is 5.80. The fourth-order valence-electron chi connectivity index (χ4n) is 7.61. The van der Waals surface area contributed by atoms with E-state index in [1.165, 1.54) is 0 Å². The lowest BCUT2D eigenvalue weighted by molar-refractivity contribution is -0.148. The molecular weight excluding hydrogens is 626 g/mol. The van der Waals surface area contributed by atoms with Crippen LogP contribution in [0.5, 0.6) is 0 Å². The van der Waals surface area contributed by atoms with E-state index in [2.05, 4.69) is 4.90 Å². The van der Waals surface area contributed by atoms with E-state index in [0.29, 0.717) is 64.2 Å². The summed E-state index contributed by atoms with van der Waals surface area (Å²) >= 11 is 0. The SMILES string of the molecule is O=C([C@@H]1C[C@@]2(c3ccccc3)[C@H](O[C@@H](CO)c3cc(C(F)(F)F)cc(C(F)(F)F)c3)CC[C@@H]1N2Cc1ccccc1)N1CCOCC1. The Morgan fingerprint density at radius 3 is 2.06 bits per heavy atom. The summed E-state index contributed by atoms with van der Waals surface area (Å²) in [7, 11) is 0. The summed E-state index contributed by atoms with van der Waals surface area (Å²) in [5, 5.41) is 10.5. The van der Waals surface area contributed by atoms with E-state index in [1.54, 1.807) is 0 Å². The third-order valence-electron chi connectivity index (χ3n) is 9.75. The largest absolute Gasteiger partial charge is 0.416 e. The number of amides is 1. The Bertz CT molecular complexity index is 1500. The minimum atomic E-state index is -5.05. The number of morpholine rings is 1. The Hall–Kier alpha value is -3.45. The number of rotatable bonds is 8. The van der Waals surface area contributed by atoms with Gasteiger partial charge in [0.25, 0.3) is 0 Å². The van der Waals surface area contributed by atoms with Gasteiger partial charge in [-0.05, 0) is 54.2 Å². The number of aliphatic hydroxyl groups is 1. The molecule has 0 unspecified atom stereocenters. The Morgan fingerprint density at radius 2 is 1.49 bits per heavy atom. The maximum Gasteiger partial charge on any atom is 0.416 e. The Balaban J connectivity index is 1.44. The molecule has 0 spiro atoms. The van der Waals surface area contributed by atoms with E-state index in [1.807, 2.05) is 65.6 Å². The molecule has 3 saturated heterocycles. The second-order valence-electron chi connectivity index (χ2n) is 12.4. The molecule has 3 aliphatic rings. The summed E-state index contributed by atoms with van der Waals surface area (Å²) in [4.78, 5) is 18.2. The molecule has 252 valence electrons. The number of alkyl halides is 6. The maximum absolute atomic E-state index is 14.1. The van der Waals surface area contributed by atoms with Crippen LogP contribution in [0, 0.1) is 5.92 Å². The van der Waals surface area contributed by atoms with Gasteiger partial charge in [0.1, 0.15) is 6.10 Å². The zero-order chi connectivity index (χ0) is 33.4. The van der Waals surface area contributed by atoms with Crippen LogP contribution in [0.3, 0.4) is 0 Å². The van der Waals surface area contributed by atoms with Crippen molar-refractivity contribution in [2.75, 3.05) is 32.9 Å². The zero-order valence-corrected chi connectivity index (χ0v) is 25.5. The predicted molar refractivity (Wildman–Crippen MR) is 160 cm³/mol. The van der Waals surface area contributed by atoms with Gasteiger partial charge in [0.2, 0.25) is 5.91 Å². The summed E-state index contributed by atoms with van der Waals surface area (Å²) in [6.45, 7) is 1.37. The number of halogens is 6. The lowest BCUT2D eigenvalue weighted by atomic mass is 9.78. The first-order valence-corrected chi connectivity index (χ1v) is 15.7. The second kappa shape index (κ2) is 13.2. The lowest BCUT2D eigenvalue weighted by Gasteiger charge is -2.51. The smallest absolute Gasteiger partial charge is 0.393 e. The van der Waals surface area contributed by atoms with Crippen LogP contribution in [0.25, 0.3) is 0 Å². The number of fused-ring (bicyclic) bond motifs is 2. The number of carbonyl (C=O) groups excluding carboxylic acids is 1. The number of ether oxygens (including phenoxy) is 2. The number of aliphatic hydroxyl groups excluding tert-OH is 1. The van der Waals surface area contributed by atoms with Crippen molar-refractivity contribution < 1.29 is 45.7 Å². The molecular formula is C35H36F6N2O4.